The van der Waals surface area contributed by atoms with Crippen molar-refractivity contribution >= 4 is 12.4 Å². The van der Waals surface area contributed by atoms with Gasteiger partial charge in [0, 0.05) is 30.9 Å². The van der Waals surface area contributed by atoms with Crippen LogP contribution in [0.5, 0.6) is 0 Å². The molecule has 0 bridgehead atoms. The van der Waals surface area contributed by atoms with E-state index in [-0.39, 0.29) is 23.9 Å². The van der Waals surface area contributed by atoms with Gasteiger partial charge < -0.3 is 10.5 Å². The van der Waals surface area contributed by atoms with Gasteiger partial charge in [-0.25, -0.2) is 13.2 Å². The van der Waals surface area contributed by atoms with Gasteiger partial charge in [0.15, 0.2) is 11.6 Å². The van der Waals surface area contributed by atoms with Crippen LogP contribution in [-0.2, 0) is 4.74 Å². The van der Waals surface area contributed by atoms with E-state index < -0.39 is 23.5 Å². The molecule has 1 fully saturated rings. The highest BCUT2D eigenvalue weighted by atomic mass is 35.5. The summed E-state index contributed by atoms with van der Waals surface area (Å²) in [5, 5.41) is 0. The van der Waals surface area contributed by atoms with E-state index in [1.807, 2.05) is 0 Å². The molecule has 1 heterocycles. The number of hydrogen-bond donors (Lipinski definition) is 1. The Labute approximate surface area is 110 Å². The molecule has 0 radical (unpaired) electrons. The van der Waals surface area contributed by atoms with Crippen LogP contribution in [0, 0.1) is 23.4 Å². The summed E-state index contributed by atoms with van der Waals surface area (Å²) in [4.78, 5) is 0. The predicted molar refractivity (Wildman–Crippen MR) is 64.0 cm³/mol. The van der Waals surface area contributed by atoms with Gasteiger partial charge in [-0.3, -0.25) is 0 Å². The Balaban J connectivity index is 0.00000162. The van der Waals surface area contributed by atoms with Crippen molar-refractivity contribution in [2.24, 2.45) is 11.7 Å². The van der Waals surface area contributed by atoms with Crippen LogP contribution in [0.3, 0.4) is 0 Å². The van der Waals surface area contributed by atoms with Crippen LogP contribution in [0.25, 0.3) is 0 Å². The molecule has 2 rings (SSSR count). The molecule has 2 N–H and O–H groups in total. The van der Waals surface area contributed by atoms with E-state index in [1.54, 1.807) is 0 Å². The first kappa shape index (κ1) is 15.3. The molecule has 0 aliphatic carbocycles. The molecule has 1 saturated heterocycles. The molecule has 6 heteroatoms. The Bertz CT molecular complexity index is 411. The maximum Gasteiger partial charge on any atom is 0.161 e. The average Bonchev–Trinajstić information content (AvgIpc) is 2.34. The van der Waals surface area contributed by atoms with Crippen LogP contribution in [0.2, 0.25) is 0 Å². The largest absolute Gasteiger partial charge is 0.381 e. The molecular weight excluding hydrogens is 267 g/mol. The number of rotatable bonds is 2. The monoisotopic (exact) mass is 281 g/mol. The molecule has 2 nitrogen and oxygen atoms in total. The molecule has 0 aromatic heterocycles. The number of halogens is 4. The lowest BCUT2D eigenvalue weighted by atomic mass is 9.87. The predicted octanol–water partition coefficient (Wildman–Crippen LogP) is 2.95. The fourth-order valence-electron chi connectivity index (χ4n) is 2.12. The number of nitrogens with two attached hydrogens (primary N) is 1. The van der Waals surface area contributed by atoms with Crippen LogP contribution in [0.4, 0.5) is 13.2 Å². The van der Waals surface area contributed by atoms with Gasteiger partial charge in [-0.2, -0.15) is 0 Å². The summed E-state index contributed by atoms with van der Waals surface area (Å²) in [6, 6.07) is 0.781. The molecule has 0 amide bonds. The molecule has 102 valence electrons. The van der Waals surface area contributed by atoms with Gasteiger partial charge in [-0.15, -0.1) is 12.4 Å². The molecule has 18 heavy (non-hydrogen) atoms. The van der Waals surface area contributed by atoms with E-state index in [4.69, 9.17) is 10.5 Å². The molecule has 1 aromatic carbocycles. The Morgan fingerprint density at radius 1 is 1.06 bits per heavy atom. The lowest BCUT2D eigenvalue weighted by molar-refractivity contribution is 0.0579. The second-order valence-electron chi connectivity index (χ2n) is 4.26. The van der Waals surface area contributed by atoms with Gasteiger partial charge in [-0.1, -0.05) is 0 Å². The smallest absolute Gasteiger partial charge is 0.161 e. The quantitative estimate of drug-likeness (QED) is 0.846. The third kappa shape index (κ3) is 3.16. The van der Waals surface area contributed by atoms with Gasteiger partial charge >= 0.3 is 0 Å². The summed E-state index contributed by atoms with van der Waals surface area (Å²) in [5.74, 6) is -3.00. The zero-order chi connectivity index (χ0) is 12.4. The fraction of sp³-hybridized carbons (Fsp3) is 0.500. The van der Waals surface area contributed by atoms with Crippen molar-refractivity contribution < 1.29 is 17.9 Å². The first-order chi connectivity index (χ1) is 8.09. The Kier molecular flexibility index (Phi) is 5.44. The van der Waals surface area contributed by atoms with Crippen molar-refractivity contribution in [1.82, 2.24) is 0 Å². The Morgan fingerprint density at radius 3 is 2.22 bits per heavy atom. The summed E-state index contributed by atoms with van der Waals surface area (Å²) in [6.45, 7) is 1.15. The first-order valence-corrected chi connectivity index (χ1v) is 5.57. The molecule has 1 atom stereocenters. The second-order valence-corrected chi connectivity index (χ2v) is 4.26. The lowest BCUT2D eigenvalue weighted by Crippen LogP contribution is -2.28. The highest BCUT2D eigenvalue weighted by Gasteiger charge is 2.25. The summed E-state index contributed by atoms with van der Waals surface area (Å²) in [5.41, 5.74) is 5.94. The van der Waals surface area contributed by atoms with Crippen molar-refractivity contribution in [3.8, 4) is 0 Å². The van der Waals surface area contributed by atoms with Crippen molar-refractivity contribution in [1.29, 1.82) is 0 Å². The van der Waals surface area contributed by atoms with E-state index in [0.29, 0.717) is 32.1 Å². The van der Waals surface area contributed by atoms with Crippen LogP contribution in [-0.4, -0.2) is 13.2 Å². The zero-order valence-electron chi connectivity index (χ0n) is 9.67. The third-order valence-corrected chi connectivity index (χ3v) is 3.17. The van der Waals surface area contributed by atoms with Crippen LogP contribution in [0.1, 0.15) is 24.4 Å². The minimum Gasteiger partial charge on any atom is -0.381 e. The Morgan fingerprint density at radius 2 is 1.61 bits per heavy atom. The molecule has 0 spiro atoms. The number of ether oxygens (including phenoxy) is 1. The Hall–Kier alpha value is -0.780. The van der Waals surface area contributed by atoms with Gasteiger partial charge in [0.2, 0.25) is 0 Å². The number of benzene rings is 1. The maximum atomic E-state index is 13.5. The van der Waals surface area contributed by atoms with Gasteiger partial charge in [0.1, 0.15) is 5.82 Å². The van der Waals surface area contributed by atoms with E-state index in [1.165, 1.54) is 0 Å². The molecule has 1 aliphatic rings. The summed E-state index contributed by atoms with van der Waals surface area (Å²) in [7, 11) is 0. The summed E-state index contributed by atoms with van der Waals surface area (Å²) >= 11 is 0. The van der Waals surface area contributed by atoms with E-state index in [9.17, 15) is 13.2 Å². The average molecular weight is 282 g/mol. The van der Waals surface area contributed by atoms with Crippen molar-refractivity contribution in [2.75, 3.05) is 13.2 Å². The summed E-state index contributed by atoms with van der Waals surface area (Å²) < 4.78 is 44.5. The second kappa shape index (κ2) is 6.41. The van der Waals surface area contributed by atoms with E-state index in [0.717, 1.165) is 6.07 Å². The van der Waals surface area contributed by atoms with Crippen LogP contribution in [0.15, 0.2) is 12.1 Å². The third-order valence-electron chi connectivity index (χ3n) is 3.17. The van der Waals surface area contributed by atoms with Crippen molar-refractivity contribution in [3.63, 3.8) is 0 Å². The lowest BCUT2D eigenvalue weighted by Gasteiger charge is -2.28. The molecule has 0 unspecified atom stereocenters. The van der Waals surface area contributed by atoms with Gasteiger partial charge in [-0.05, 0) is 24.8 Å². The highest BCUT2D eigenvalue weighted by molar-refractivity contribution is 5.85. The zero-order valence-corrected chi connectivity index (χ0v) is 10.5. The van der Waals surface area contributed by atoms with E-state index >= 15 is 0 Å². The molecule has 0 saturated carbocycles. The molecule has 1 aliphatic heterocycles. The van der Waals surface area contributed by atoms with Crippen molar-refractivity contribution in [3.05, 3.63) is 35.1 Å². The van der Waals surface area contributed by atoms with Crippen molar-refractivity contribution in [2.45, 2.75) is 18.9 Å². The van der Waals surface area contributed by atoms with Crippen LogP contribution < -0.4 is 5.73 Å². The first-order valence-electron chi connectivity index (χ1n) is 5.57. The van der Waals surface area contributed by atoms with Gasteiger partial charge in [0.25, 0.3) is 0 Å². The normalized spacial score (nSPS) is 18.2. The SMILES string of the molecule is Cl.N[C@H](c1cc(F)c(F)cc1F)C1CCOCC1. The van der Waals surface area contributed by atoms with Crippen LogP contribution >= 0.6 is 12.4 Å². The number of hydrogen-bond acceptors (Lipinski definition) is 2. The minimum atomic E-state index is -1.19. The highest BCUT2D eigenvalue weighted by Crippen LogP contribution is 2.30. The standard InChI is InChI=1S/C12H14F3NO.ClH/c13-9-6-11(15)10(14)5-8(9)12(16)7-1-3-17-4-2-7;/h5-7,12H,1-4,16H2;1H/t12-;/m0./s1. The van der Waals surface area contributed by atoms with Gasteiger partial charge in [0.05, 0.1) is 0 Å². The van der Waals surface area contributed by atoms with E-state index in [2.05, 4.69) is 0 Å². The maximum absolute atomic E-state index is 13.5. The molecular formula is C12H15ClF3NO. The fourth-order valence-corrected chi connectivity index (χ4v) is 2.12. The molecule has 1 aromatic rings. The summed E-state index contributed by atoms with van der Waals surface area (Å²) in [6.07, 6.45) is 1.42. The topological polar surface area (TPSA) is 35.2 Å². The minimum absolute atomic E-state index is 0.